The fourth-order valence-corrected chi connectivity index (χ4v) is 1.76. The van der Waals surface area contributed by atoms with Crippen molar-refractivity contribution in [2.45, 2.75) is 25.7 Å². The number of halogens is 3. The summed E-state index contributed by atoms with van der Waals surface area (Å²) in [5, 5.41) is 8.97. The number of carbonyl (C=O) groups is 2. The molecule has 0 saturated carbocycles. The van der Waals surface area contributed by atoms with E-state index in [4.69, 9.17) is 5.11 Å². The Labute approximate surface area is 118 Å². The van der Waals surface area contributed by atoms with Crippen molar-refractivity contribution in [3.8, 4) is 5.75 Å². The summed E-state index contributed by atoms with van der Waals surface area (Å²) in [6, 6.07) is 3.29. The number of benzene rings is 1. The highest BCUT2D eigenvalue weighted by Crippen LogP contribution is 2.23. The molecular weight excluding hydrogens is 291 g/mol. The summed E-state index contributed by atoms with van der Waals surface area (Å²) in [5.74, 6) is -2.19. The molecule has 0 aliphatic carbocycles. The Morgan fingerprint density at radius 2 is 1.81 bits per heavy atom. The van der Waals surface area contributed by atoms with Crippen LogP contribution in [0.5, 0.6) is 5.75 Å². The van der Waals surface area contributed by atoms with Crippen LogP contribution in [-0.4, -0.2) is 41.3 Å². The minimum atomic E-state index is -4.81. The second-order valence-corrected chi connectivity index (χ2v) is 4.25. The van der Waals surface area contributed by atoms with Crippen molar-refractivity contribution >= 4 is 11.9 Å². The highest BCUT2D eigenvalue weighted by molar-refractivity contribution is 5.96. The maximum atomic E-state index is 12.0. The lowest BCUT2D eigenvalue weighted by molar-refractivity contribution is -0.274. The smallest absolute Gasteiger partial charge is 0.480 e. The van der Waals surface area contributed by atoms with Crippen LogP contribution in [0.1, 0.15) is 23.7 Å². The van der Waals surface area contributed by atoms with Crippen LogP contribution < -0.4 is 4.74 Å². The summed E-state index contributed by atoms with van der Waals surface area (Å²) >= 11 is 0. The lowest BCUT2D eigenvalue weighted by Gasteiger charge is -2.23. The molecule has 0 aliphatic heterocycles. The summed E-state index contributed by atoms with van der Waals surface area (Å²) in [7, 11) is 1.32. The van der Waals surface area contributed by atoms with Crippen molar-refractivity contribution in [3.63, 3.8) is 0 Å². The van der Waals surface area contributed by atoms with Gasteiger partial charge in [-0.3, -0.25) is 4.79 Å². The molecular formula is C13H14F3NO4. The van der Waals surface area contributed by atoms with Crippen LogP contribution in [0, 0.1) is 0 Å². The maximum absolute atomic E-state index is 12.0. The van der Waals surface area contributed by atoms with Gasteiger partial charge in [-0.1, -0.05) is 6.92 Å². The monoisotopic (exact) mass is 305 g/mol. The first-order valence-corrected chi connectivity index (χ1v) is 6.01. The molecule has 1 aromatic rings. The van der Waals surface area contributed by atoms with E-state index in [0.717, 1.165) is 29.2 Å². The molecule has 1 atom stereocenters. The molecule has 1 unspecified atom stereocenters. The standard InChI is InChI=1S/C13H14F3NO4/c1-3-10(12(19)20)17(2)11(18)8-4-6-9(7-5-8)21-13(14,15)16/h4-7,10H,3H2,1-2H3,(H,19,20). The van der Waals surface area contributed by atoms with Crippen molar-refractivity contribution < 1.29 is 32.6 Å². The number of carboxylic acids is 1. The van der Waals surface area contributed by atoms with E-state index in [-0.39, 0.29) is 12.0 Å². The predicted octanol–water partition coefficient (Wildman–Crippen LogP) is 2.52. The summed E-state index contributed by atoms with van der Waals surface area (Å²) in [4.78, 5) is 24.1. The summed E-state index contributed by atoms with van der Waals surface area (Å²) in [6.07, 6.45) is -4.59. The van der Waals surface area contributed by atoms with Gasteiger partial charge in [0.05, 0.1) is 0 Å². The quantitative estimate of drug-likeness (QED) is 0.907. The number of aliphatic carboxylic acids is 1. The van der Waals surface area contributed by atoms with E-state index in [2.05, 4.69) is 4.74 Å². The molecule has 0 heterocycles. The first kappa shape index (κ1) is 16.8. The second kappa shape index (κ2) is 6.47. The Bertz CT molecular complexity index is 513. The number of rotatable bonds is 5. The number of hydrogen-bond acceptors (Lipinski definition) is 3. The van der Waals surface area contributed by atoms with Gasteiger partial charge in [0.1, 0.15) is 11.8 Å². The minimum Gasteiger partial charge on any atom is -0.480 e. The van der Waals surface area contributed by atoms with Gasteiger partial charge >= 0.3 is 12.3 Å². The zero-order chi connectivity index (χ0) is 16.2. The maximum Gasteiger partial charge on any atom is 0.573 e. The van der Waals surface area contributed by atoms with Crippen molar-refractivity contribution in [2.24, 2.45) is 0 Å². The Hall–Kier alpha value is -2.25. The lowest BCUT2D eigenvalue weighted by Crippen LogP contribution is -2.41. The van der Waals surface area contributed by atoms with E-state index >= 15 is 0 Å². The predicted molar refractivity (Wildman–Crippen MR) is 66.9 cm³/mol. The number of hydrogen-bond donors (Lipinski definition) is 1. The molecule has 0 spiro atoms. The Kier molecular flexibility index (Phi) is 5.17. The zero-order valence-corrected chi connectivity index (χ0v) is 11.3. The fraction of sp³-hybridized carbons (Fsp3) is 0.385. The number of likely N-dealkylation sites (N-methyl/N-ethyl adjacent to an activating group) is 1. The summed E-state index contributed by atoms with van der Waals surface area (Å²) in [6.45, 7) is 1.61. The normalized spacial score (nSPS) is 12.6. The third kappa shape index (κ3) is 4.66. The van der Waals surface area contributed by atoms with Crippen LogP contribution in [0.4, 0.5) is 13.2 Å². The van der Waals surface area contributed by atoms with Crippen molar-refractivity contribution in [1.29, 1.82) is 0 Å². The Morgan fingerprint density at radius 3 is 2.19 bits per heavy atom. The zero-order valence-electron chi connectivity index (χ0n) is 11.3. The van der Waals surface area contributed by atoms with Gasteiger partial charge in [0.2, 0.25) is 0 Å². The third-order valence-electron chi connectivity index (χ3n) is 2.79. The van der Waals surface area contributed by atoms with Gasteiger partial charge in [0, 0.05) is 12.6 Å². The fourth-order valence-electron chi connectivity index (χ4n) is 1.76. The lowest BCUT2D eigenvalue weighted by atomic mass is 10.1. The van der Waals surface area contributed by atoms with Gasteiger partial charge in [0.15, 0.2) is 0 Å². The molecule has 1 rings (SSSR count). The van der Waals surface area contributed by atoms with Gasteiger partial charge in [-0.15, -0.1) is 13.2 Å². The average molecular weight is 305 g/mol. The van der Waals surface area contributed by atoms with Crippen molar-refractivity contribution in [1.82, 2.24) is 4.90 Å². The van der Waals surface area contributed by atoms with Gasteiger partial charge in [-0.2, -0.15) is 0 Å². The van der Waals surface area contributed by atoms with E-state index in [9.17, 15) is 22.8 Å². The van der Waals surface area contributed by atoms with E-state index in [0.29, 0.717) is 0 Å². The number of carbonyl (C=O) groups excluding carboxylic acids is 1. The molecule has 1 amide bonds. The summed E-state index contributed by atoms with van der Waals surface area (Å²) < 4.78 is 39.7. The van der Waals surface area contributed by atoms with Gasteiger partial charge in [-0.25, -0.2) is 4.79 Å². The molecule has 8 heteroatoms. The van der Waals surface area contributed by atoms with Crippen LogP contribution in [0.2, 0.25) is 0 Å². The number of amides is 1. The number of nitrogens with zero attached hydrogens (tertiary/aromatic N) is 1. The molecule has 0 aromatic heterocycles. The second-order valence-electron chi connectivity index (χ2n) is 4.25. The number of alkyl halides is 3. The van der Waals surface area contributed by atoms with Gasteiger partial charge < -0.3 is 14.7 Å². The molecule has 116 valence electrons. The Morgan fingerprint density at radius 1 is 1.29 bits per heavy atom. The van der Waals surface area contributed by atoms with E-state index in [1.165, 1.54) is 7.05 Å². The van der Waals surface area contributed by atoms with Crippen LogP contribution in [0.3, 0.4) is 0 Å². The van der Waals surface area contributed by atoms with E-state index in [1.807, 2.05) is 0 Å². The highest BCUT2D eigenvalue weighted by atomic mass is 19.4. The highest BCUT2D eigenvalue weighted by Gasteiger charge is 2.31. The first-order chi connectivity index (χ1) is 9.65. The molecule has 1 N–H and O–H groups in total. The van der Waals surface area contributed by atoms with Crippen LogP contribution in [0.25, 0.3) is 0 Å². The molecule has 21 heavy (non-hydrogen) atoms. The summed E-state index contributed by atoms with van der Waals surface area (Å²) in [5.41, 5.74) is 0.0757. The molecule has 5 nitrogen and oxygen atoms in total. The van der Waals surface area contributed by atoms with Gasteiger partial charge in [-0.05, 0) is 30.7 Å². The molecule has 0 radical (unpaired) electrons. The first-order valence-electron chi connectivity index (χ1n) is 6.01. The number of carboxylic acid groups (broad SMARTS) is 1. The van der Waals surface area contributed by atoms with Crippen LogP contribution >= 0.6 is 0 Å². The van der Waals surface area contributed by atoms with E-state index < -0.39 is 30.0 Å². The molecule has 0 bridgehead atoms. The van der Waals surface area contributed by atoms with Crippen LogP contribution in [0.15, 0.2) is 24.3 Å². The van der Waals surface area contributed by atoms with Crippen molar-refractivity contribution in [3.05, 3.63) is 29.8 Å². The van der Waals surface area contributed by atoms with Crippen LogP contribution in [-0.2, 0) is 4.79 Å². The molecule has 0 saturated heterocycles. The topological polar surface area (TPSA) is 66.8 Å². The molecule has 0 aliphatic rings. The average Bonchev–Trinajstić information content (AvgIpc) is 2.37. The molecule has 0 fully saturated rings. The third-order valence-corrected chi connectivity index (χ3v) is 2.79. The van der Waals surface area contributed by atoms with Crippen molar-refractivity contribution in [2.75, 3.05) is 7.05 Å². The van der Waals surface area contributed by atoms with Gasteiger partial charge in [0.25, 0.3) is 5.91 Å². The number of ether oxygens (including phenoxy) is 1. The van der Waals surface area contributed by atoms with E-state index in [1.54, 1.807) is 6.92 Å². The minimum absolute atomic E-state index is 0.0757. The molecule has 1 aromatic carbocycles. The largest absolute Gasteiger partial charge is 0.573 e. The Balaban J connectivity index is 2.86. The SMILES string of the molecule is CCC(C(=O)O)N(C)C(=O)c1ccc(OC(F)(F)F)cc1.